The maximum atomic E-state index is 12.2. The molecule has 0 aliphatic heterocycles. The molecule has 6 heteroatoms. The van der Waals surface area contributed by atoms with Crippen molar-refractivity contribution in [3.8, 4) is 0 Å². The van der Waals surface area contributed by atoms with E-state index in [2.05, 4.69) is 0 Å². The predicted molar refractivity (Wildman–Crippen MR) is 67.6 cm³/mol. The zero-order chi connectivity index (χ0) is 13.1. The summed E-state index contributed by atoms with van der Waals surface area (Å²) in [4.78, 5) is 0. The van der Waals surface area contributed by atoms with Crippen LogP contribution in [0.15, 0.2) is 21.6 Å². The van der Waals surface area contributed by atoms with E-state index in [4.69, 9.17) is 16.0 Å². The number of rotatable bonds is 6. The van der Waals surface area contributed by atoms with Crippen LogP contribution in [-0.4, -0.2) is 25.8 Å². The minimum atomic E-state index is -3.54. The third-order valence-corrected chi connectivity index (χ3v) is 4.91. The zero-order valence-corrected chi connectivity index (χ0v) is 11.9. The molecule has 1 aromatic rings. The van der Waals surface area contributed by atoms with Crippen LogP contribution in [0, 0.1) is 0 Å². The summed E-state index contributed by atoms with van der Waals surface area (Å²) in [5.74, 6) is 0.632. The molecule has 1 rings (SSSR count). The molecule has 0 saturated carbocycles. The molecule has 17 heavy (non-hydrogen) atoms. The predicted octanol–water partition coefficient (Wildman–Crippen LogP) is 2.83. The first-order valence-electron chi connectivity index (χ1n) is 5.60. The third-order valence-electron chi connectivity index (χ3n) is 2.86. The van der Waals surface area contributed by atoms with Crippen molar-refractivity contribution in [2.45, 2.75) is 43.7 Å². The Balaban J connectivity index is 3.01. The lowest BCUT2D eigenvalue weighted by Gasteiger charge is -2.24. The van der Waals surface area contributed by atoms with E-state index < -0.39 is 10.0 Å². The lowest BCUT2D eigenvalue weighted by Crippen LogP contribution is -2.36. The average Bonchev–Trinajstić information content (AvgIpc) is 2.79. The van der Waals surface area contributed by atoms with Gasteiger partial charge in [0, 0.05) is 13.1 Å². The fourth-order valence-electron chi connectivity index (χ4n) is 1.71. The summed E-state index contributed by atoms with van der Waals surface area (Å²) < 4.78 is 31.0. The Bertz CT molecular complexity index is 451. The maximum Gasteiger partial charge on any atom is 0.276 e. The topological polar surface area (TPSA) is 50.5 Å². The van der Waals surface area contributed by atoms with E-state index in [1.54, 1.807) is 13.1 Å². The Morgan fingerprint density at radius 3 is 2.35 bits per heavy atom. The number of halogens is 1. The highest BCUT2D eigenvalue weighted by molar-refractivity contribution is 7.89. The van der Waals surface area contributed by atoms with Crippen LogP contribution in [0.4, 0.5) is 0 Å². The lowest BCUT2D eigenvalue weighted by atomic mass is 10.2. The Morgan fingerprint density at radius 2 is 1.94 bits per heavy atom. The van der Waals surface area contributed by atoms with E-state index in [-0.39, 0.29) is 17.0 Å². The van der Waals surface area contributed by atoms with Gasteiger partial charge in [0.25, 0.3) is 10.0 Å². The highest BCUT2D eigenvalue weighted by Crippen LogP contribution is 2.22. The van der Waals surface area contributed by atoms with E-state index in [0.29, 0.717) is 5.76 Å². The summed E-state index contributed by atoms with van der Waals surface area (Å²) in [7, 11) is -1.96. The Kier molecular flexibility index (Phi) is 5.04. The summed E-state index contributed by atoms with van der Waals surface area (Å²) in [5, 5.41) is -0.0393. The number of sulfonamides is 1. The molecule has 1 heterocycles. The zero-order valence-electron chi connectivity index (χ0n) is 10.3. The van der Waals surface area contributed by atoms with Crippen LogP contribution in [0.5, 0.6) is 0 Å². The van der Waals surface area contributed by atoms with Crippen molar-refractivity contribution in [3.05, 3.63) is 17.9 Å². The van der Waals surface area contributed by atoms with Gasteiger partial charge in [-0.15, -0.1) is 11.6 Å². The maximum absolute atomic E-state index is 12.2. The summed E-state index contributed by atoms with van der Waals surface area (Å²) in [5.41, 5.74) is 0. The number of hydrogen-bond donors (Lipinski definition) is 0. The van der Waals surface area contributed by atoms with Crippen LogP contribution in [-0.2, 0) is 15.9 Å². The van der Waals surface area contributed by atoms with E-state index in [0.717, 1.165) is 12.8 Å². The highest BCUT2D eigenvalue weighted by Gasteiger charge is 2.28. The molecule has 0 unspecified atom stereocenters. The van der Waals surface area contributed by atoms with Crippen molar-refractivity contribution in [2.24, 2.45) is 0 Å². The van der Waals surface area contributed by atoms with Gasteiger partial charge in [-0.2, -0.15) is 4.31 Å². The first-order valence-corrected chi connectivity index (χ1v) is 7.57. The molecule has 0 amide bonds. The molecule has 0 saturated heterocycles. The molecule has 0 aromatic carbocycles. The molecule has 0 bridgehead atoms. The highest BCUT2D eigenvalue weighted by atomic mass is 35.5. The number of hydrogen-bond acceptors (Lipinski definition) is 3. The van der Waals surface area contributed by atoms with Gasteiger partial charge in [-0.05, 0) is 25.0 Å². The van der Waals surface area contributed by atoms with E-state index >= 15 is 0 Å². The van der Waals surface area contributed by atoms with Crippen LogP contribution in [0.2, 0.25) is 0 Å². The van der Waals surface area contributed by atoms with Crippen molar-refractivity contribution in [1.82, 2.24) is 4.31 Å². The number of nitrogens with zero attached hydrogens (tertiary/aromatic N) is 1. The molecule has 0 atom stereocenters. The normalized spacial score (nSPS) is 12.6. The molecule has 0 aliphatic rings. The van der Waals surface area contributed by atoms with Crippen molar-refractivity contribution in [3.63, 3.8) is 0 Å². The van der Waals surface area contributed by atoms with Crippen LogP contribution in [0.25, 0.3) is 0 Å². The second-order valence-corrected chi connectivity index (χ2v) is 6.04. The second-order valence-electron chi connectivity index (χ2n) is 3.85. The largest absolute Gasteiger partial charge is 0.447 e. The average molecular weight is 280 g/mol. The molecular formula is C11H18ClNO3S. The van der Waals surface area contributed by atoms with Crippen LogP contribution in [0.1, 0.15) is 32.4 Å². The molecule has 4 nitrogen and oxygen atoms in total. The van der Waals surface area contributed by atoms with Crippen molar-refractivity contribution in [1.29, 1.82) is 0 Å². The Hall–Kier alpha value is -0.520. The van der Waals surface area contributed by atoms with Crippen molar-refractivity contribution < 1.29 is 12.8 Å². The second kappa shape index (κ2) is 5.89. The molecule has 1 aromatic heterocycles. The van der Waals surface area contributed by atoms with Crippen molar-refractivity contribution >= 4 is 21.6 Å². The molecule has 98 valence electrons. The van der Waals surface area contributed by atoms with Crippen LogP contribution >= 0.6 is 11.6 Å². The molecule has 0 fully saturated rings. The number of furan rings is 1. The fraction of sp³-hybridized carbons (Fsp3) is 0.636. The smallest absolute Gasteiger partial charge is 0.276 e. The molecule has 0 radical (unpaired) electrons. The quantitative estimate of drug-likeness (QED) is 0.753. The van der Waals surface area contributed by atoms with Crippen LogP contribution < -0.4 is 0 Å². The third kappa shape index (κ3) is 3.03. The first kappa shape index (κ1) is 14.5. The fourth-order valence-corrected chi connectivity index (χ4v) is 3.28. The van der Waals surface area contributed by atoms with Gasteiger partial charge >= 0.3 is 0 Å². The molecular weight excluding hydrogens is 262 g/mol. The molecule has 0 N–H and O–H groups in total. The van der Waals surface area contributed by atoms with Gasteiger partial charge in [-0.3, -0.25) is 0 Å². The number of alkyl halides is 1. The van der Waals surface area contributed by atoms with E-state index in [1.165, 1.54) is 10.4 Å². The first-order chi connectivity index (χ1) is 7.97. The Morgan fingerprint density at radius 1 is 1.35 bits per heavy atom. The van der Waals surface area contributed by atoms with Gasteiger partial charge in [-0.25, -0.2) is 8.42 Å². The van der Waals surface area contributed by atoms with Gasteiger partial charge in [0.1, 0.15) is 5.76 Å². The minimum Gasteiger partial charge on any atom is -0.447 e. The molecule has 0 spiro atoms. The van der Waals surface area contributed by atoms with Gasteiger partial charge in [0.2, 0.25) is 5.09 Å². The van der Waals surface area contributed by atoms with Gasteiger partial charge < -0.3 is 4.42 Å². The standard InChI is InChI=1S/C11H18ClNO3S/c1-4-9(5-2)13(3)17(14,15)11-7-6-10(8-12)16-11/h6-7,9H,4-5,8H2,1-3H3. The summed E-state index contributed by atoms with van der Waals surface area (Å²) in [6.45, 7) is 3.93. The van der Waals surface area contributed by atoms with E-state index in [1.807, 2.05) is 13.8 Å². The van der Waals surface area contributed by atoms with Gasteiger partial charge in [0.05, 0.1) is 5.88 Å². The molecule has 0 aliphatic carbocycles. The van der Waals surface area contributed by atoms with Gasteiger partial charge in [-0.1, -0.05) is 13.8 Å². The summed E-state index contributed by atoms with van der Waals surface area (Å²) >= 11 is 5.58. The SMILES string of the molecule is CCC(CC)N(C)S(=O)(=O)c1ccc(CCl)o1. The van der Waals surface area contributed by atoms with Crippen LogP contribution in [0.3, 0.4) is 0 Å². The minimum absolute atomic E-state index is 0.00967. The monoisotopic (exact) mass is 279 g/mol. The Labute approximate surface area is 108 Å². The van der Waals surface area contributed by atoms with Crippen molar-refractivity contribution in [2.75, 3.05) is 7.05 Å². The summed E-state index contributed by atoms with van der Waals surface area (Å²) in [6.07, 6.45) is 1.55. The van der Waals surface area contributed by atoms with E-state index in [9.17, 15) is 8.42 Å². The summed E-state index contributed by atoms with van der Waals surface area (Å²) in [6, 6.07) is 3.02. The lowest BCUT2D eigenvalue weighted by molar-refractivity contribution is 0.331. The van der Waals surface area contributed by atoms with Gasteiger partial charge in [0.15, 0.2) is 0 Å².